The van der Waals surface area contributed by atoms with Crippen molar-refractivity contribution in [3.8, 4) is 0 Å². The minimum atomic E-state index is -0.157. The molecule has 0 bridgehead atoms. The van der Waals surface area contributed by atoms with Crippen molar-refractivity contribution in [2.75, 3.05) is 46.1 Å². The van der Waals surface area contributed by atoms with Crippen LogP contribution in [-0.4, -0.2) is 72.7 Å². The van der Waals surface area contributed by atoms with Crippen LogP contribution in [0.25, 0.3) is 0 Å². The largest absolute Gasteiger partial charge is 0.381 e. The first-order chi connectivity index (χ1) is 13.3. The Morgan fingerprint density at radius 1 is 1.25 bits per heavy atom. The molecule has 2 aliphatic rings. The summed E-state index contributed by atoms with van der Waals surface area (Å²) in [6.07, 6.45) is 1.05. The van der Waals surface area contributed by atoms with E-state index in [0.29, 0.717) is 24.1 Å². The van der Waals surface area contributed by atoms with Crippen LogP contribution in [0.3, 0.4) is 0 Å². The van der Waals surface area contributed by atoms with E-state index in [2.05, 4.69) is 49.9 Å². The normalized spacial score (nSPS) is 22.6. The summed E-state index contributed by atoms with van der Waals surface area (Å²) in [5.41, 5.74) is 1.43. The van der Waals surface area contributed by atoms with Crippen LogP contribution in [-0.2, 0) is 15.0 Å². The number of rotatable bonds is 6. The zero-order chi connectivity index (χ0) is 20.3. The van der Waals surface area contributed by atoms with Crippen LogP contribution >= 0.6 is 0 Å². The van der Waals surface area contributed by atoms with Gasteiger partial charge in [0, 0.05) is 43.9 Å². The predicted molar refractivity (Wildman–Crippen MR) is 109 cm³/mol. The molecule has 1 aromatic rings. The summed E-state index contributed by atoms with van der Waals surface area (Å²) in [7, 11) is 0. The number of hydrogen-bond donors (Lipinski definition) is 1. The van der Waals surface area contributed by atoms with E-state index < -0.39 is 0 Å². The number of hydrogen-bond acceptors (Lipinski definition) is 5. The number of morpholine rings is 1. The van der Waals surface area contributed by atoms with Gasteiger partial charge in [-0.2, -0.15) is 5.10 Å². The highest BCUT2D eigenvalue weighted by atomic mass is 16.5. The van der Waals surface area contributed by atoms with Crippen molar-refractivity contribution < 1.29 is 14.3 Å². The molecule has 0 radical (unpaired) electrons. The third kappa shape index (κ3) is 4.93. The molecular weight excluding hydrogens is 356 g/mol. The summed E-state index contributed by atoms with van der Waals surface area (Å²) in [6.45, 7) is 16.1. The van der Waals surface area contributed by atoms with Crippen molar-refractivity contribution in [2.24, 2.45) is 5.92 Å². The van der Waals surface area contributed by atoms with E-state index >= 15 is 0 Å². The Hall–Kier alpha value is -1.44. The molecule has 7 heteroatoms. The number of nitrogens with one attached hydrogen (secondary N) is 1. The molecule has 2 unspecified atom stereocenters. The lowest BCUT2D eigenvalue weighted by molar-refractivity contribution is 0.00165. The van der Waals surface area contributed by atoms with E-state index in [1.807, 2.05) is 10.7 Å². The van der Waals surface area contributed by atoms with E-state index in [4.69, 9.17) is 9.47 Å². The molecule has 7 nitrogen and oxygen atoms in total. The quantitative estimate of drug-likeness (QED) is 0.804. The third-order valence-corrected chi connectivity index (χ3v) is 5.69. The van der Waals surface area contributed by atoms with Crippen molar-refractivity contribution in [3.05, 3.63) is 17.5 Å². The smallest absolute Gasteiger partial charge is 0.271 e. The maximum absolute atomic E-state index is 12.9. The predicted octanol–water partition coefficient (Wildman–Crippen LogP) is 2.23. The highest BCUT2D eigenvalue weighted by Gasteiger charge is 2.32. The molecule has 2 saturated heterocycles. The van der Waals surface area contributed by atoms with Gasteiger partial charge < -0.3 is 14.8 Å². The summed E-state index contributed by atoms with van der Waals surface area (Å²) in [5.74, 6) is 0.670. The Morgan fingerprint density at radius 2 is 1.96 bits per heavy atom. The standard InChI is InChI=1S/C21H36N4O3/c1-15(2)18-12-17(23-25(18)21(3,4)5)20(26)22-13-19(16-6-9-28-14-16)24-7-10-27-11-8-24/h12,15-16,19H,6-11,13-14H2,1-5H3,(H,22,26). The molecule has 1 N–H and O–H groups in total. The van der Waals surface area contributed by atoms with Crippen molar-refractivity contribution in [2.45, 2.75) is 58.5 Å². The van der Waals surface area contributed by atoms with Gasteiger partial charge in [-0.3, -0.25) is 14.4 Å². The molecule has 0 aliphatic carbocycles. The van der Waals surface area contributed by atoms with Gasteiger partial charge >= 0.3 is 0 Å². The lowest BCUT2D eigenvalue weighted by Gasteiger charge is -2.37. The second-order valence-electron chi connectivity index (χ2n) is 9.24. The number of nitrogens with zero attached hydrogens (tertiary/aromatic N) is 3. The molecule has 158 valence electrons. The van der Waals surface area contributed by atoms with Crippen LogP contribution in [0.15, 0.2) is 6.07 Å². The lowest BCUT2D eigenvalue weighted by Crippen LogP contribution is -2.52. The Kier molecular flexibility index (Phi) is 6.78. The molecule has 0 aromatic carbocycles. The molecule has 28 heavy (non-hydrogen) atoms. The molecule has 2 aliphatic heterocycles. The van der Waals surface area contributed by atoms with E-state index in [-0.39, 0.29) is 17.5 Å². The van der Waals surface area contributed by atoms with E-state index in [9.17, 15) is 4.79 Å². The summed E-state index contributed by atoms with van der Waals surface area (Å²) in [4.78, 5) is 15.3. The Morgan fingerprint density at radius 3 is 2.50 bits per heavy atom. The first-order valence-electron chi connectivity index (χ1n) is 10.6. The molecule has 2 atom stereocenters. The molecule has 2 fully saturated rings. The van der Waals surface area contributed by atoms with Crippen molar-refractivity contribution in [1.29, 1.82) is 0 Å². The number of amides is 1. The molecule has 1 aromatic heterocycles. The van der Waals surface area contributed by atoms with Gasteiger partial charge in [0.15, 0.2) is 0 Å². The third-order valence-electron chi connectivity index (χ3n) is 5.69. The van der Waals surface area contributed by atoms with Gasteiger partial charge in [-0.15, -0.1) is 0 Å². The van der Waals surface area contributed by atoms with Gasteiger partial charge in [0.05, 0.1) is 25.4 Å². The average molecular weight is 393 g/mol. The summed E-state index contributed by atoms with van der Waals surface area (Å²) >= 11 is 0. The average Bonchev–Trinajstić information content (AvgIpc) is 3.32. The lowest BCUT2D eigenvalue weighted by atomic mass is 9.97. The van der Waals surface area contributed by atoms with Gasteiger partial charge in [-0.25, -0.2) is 0 Å². The maximum Gasteiger partial charge on any atom is 0.271 e. The zero-order valence-corrected chi connectivity index (χ0v) is 18.0. The summed E-state index contributed by atoms with van der Waals surface area (Å²) < 4.78 is 13.1. The first kappa shape index (κ1) is 21.3. The van der Waals surface area contributed by atoms with Crippen LogP contribution < -0.4 is 5.32 Å². The van der Waals surface area contributed by atoms with Gasteiger partial charge in [0.25, 0.3) is 5.91 Å². The molecular formula is C21H36N4O3. The van der Waals surface area contributed by atoms with Crippen LogP contribution in [0, 0.1) is 5.92 Å². The van der Waals surface area contributed by atoms with Gasteiger partial charge in [0.1, 0.15) is 5.69 Å². The zero-order valence-electron chi connectivity index (χ0n) is 18.0. The topological polar surface area (TPSA) is 68.6 Å². The Bertz CT molecular complexity index is 653. The van der Waals surface area contributed by atoms with Gasteiger partial charge in [-0.05, 0) is 39.2 Å². The number of carbonyl (C=O) groups is 1. The second-order valence-corrected chi connectivity index (χ2v) is 9.24. The SMILES string of the molecule is CC(C)c1cc(C(=O)NCC(C2CCOC2)N2CCOCC2)nn1C(C)(C)C. The molecule has 0 spiro atoms. The number of ether oxygens (including phenoxy) is 2. The highest BCUT2D eigenvalue weighted by molar-refractivity contribution is 5.92. The maximum atomic E-state index is 12.9. The minimum Gasteiger partial charge on any atom is -0.381 e. The Labute approximate surface area is 168 Å². The van der Waals surface area contributed by atoms with Crippen molar-refractivity contribution in [3.63, 3.8) is 0 Å². The van der Waals surface area contributed by atoms with Crippen molar-refractivity contribution >= 4 is 5.91 Å². The van der Waals surface area contributed by atoms with E-state index in [0.717, 1.165) is 51.6 Å². The van der Waals surface area contributed by atoms with E-state index in [1.165, 1.54) is 0 Å². The highest BCUT2D eigenvalue weighted by Crippen LogP contribution is 2.24. The van der Waals surface area contributed by atoms with Crippen LogP contribution in [0.1, 0.15) is 63.1 Å². The van der Waals surface area contributed by atoms with Crippen LogP contribution in [0.2, 0.25) is 0 Å². The Balaban J connectivity index is 1.70. The second kappa shape index (κ2) is 8.93. The molecule has 3 heterocycles. The summed E-state index contributed by atoms with van der Waals surface area (Å²) in [5, 5.41) is 7.79. The summed E-state index contributed by atoms with van der Waals surface area (Å²) in [6, 6.07) is 2.22. The van der Waals surface area contributed by atoms with Gasteiger partial charge in [0.2, 0.25) is 0 Å². The molecule has 0 saturated carbocycles. The van der Waals surface area contributed by atoms with Crippen LogP contribution in [0.5, 0.6) is 0 Å². The monoisotopic (exact) mass is 392 g/mol. The fourth-order valence-corrected chi connectivity index (χ4v) is 4.10. The van der Waals surface area contributed by atoms with Crippen molar-refractivity contribution in [1.82, 2.24) is 20.0 Å². The minimum absolute atomic E-state index is 0.0953. The first-order valence-corrected chi connectivity index (χ1v) is 10.6. The molecule has 3 rings (SSSR count). The molecule has 1 amide bonds. The number of carbonyl (C=O) groups excluding carboxylic acids is 1. The van der Waals surface area contributed by atoms with E-state index in [1.54, 1.807) is 0 Å². The van der Waals surface area contributed by atoms with Gasteiger partial charge in [-0.1, -0.05) is 13.8 Å². The van der Waals surface area contributed by atoms with Crippen LogP contribution in [0.4, 0.5) is 0 Å². The fourth-order valence-electron chi connectivity index (χ4n) is 4.10. The fraction of sp³-hybridized carbons (Fsp3) is 0.810. The number of aromatic nitrogens is 2.